The summed E-state index contributed by atoms with van der Waals surface area (Å²) in [5, 5.41) is 0. The number of hydrogen-bond donors (Lipinski definition) is 0. The van der Waals surface area contributed by atoms with Crippen molar-refractivity contribution in [3.63, 3.8) is 0 Å². The van der Waals surface area contributed by atoms with Gasteiger partial charge < -0.3 is 9.64 Å². The molecule has 0 aliphatic heterocycles. The number of carbonyl (C=O) groups is 2. The average Bonchev–Trinajstić information content (AvgIpc) is 2.78. The molecule has 17 heavy (non-hydrogen) atoms. The number of rotatable bonds is 5. The summed E-state index contributed by atoms with van der Waals surface area (Å²) in [4.78, 5) is 25.3. The molecular weight excluding hydrogens is 218 g/mol. The number of nitrogens with zero attached hydrogens (tertiary/aromatic N) is 1. The lowest BCUT2D eigenvalue weighted by Crippen LogP contribution is -2.44. The van der Waals surface area contributed by atoms with Gasteiger partial charge in [0, 0.05) is 12.0 Å². The highest BCUT2D eigenvalue weighted by Gasteiger charge is 2.28. The van der Waals surface area contributed by atoms with Gasteiger partial charge in [-0.05, 0) is 33.6 Å². The molecular formula is C13H21NO3. The van der Waals surface area contributed by atoms with Gasteiger partial charge in [0.2, 0.25) is 5.91 Å². The van der Waals surface area contributed by atoms with Gasteiger partial charge in [-0.2, -0.15) is 0 Å². The van der Waals surface area contributed by atoms with E-state index in [-0.39, 0.29) is 30.4 Å². The molecule has 0 saturated heterocycles. The highest BCUT2D eigenvalue weighted by atomic mass is 16.5. The number of hydrogen-bond acceptors (Lipinski definition) is 3. The fourth-order valence-corrected chi connectivity index (χ4v) is 1.91. The van der Waals surface area contributed by atoms with Crippen LogP contribution >= 0.6 is 0 Å². The predicted octanol–water partition coefficient (Wildman–Crippen LogP) is 1.75. The molecule has 0 aromatic carbocycles. The molecule has 0 unspecified atom stereocenters. The van der Waals surface area contributed by atoms with E-state index < -0.39 is 0 Å². The molecule has 0 bridgehead atoms. The van der Waals surface area contributed by atoms with Gasteiger partial charge in [-0.3, -0.25) is 9.59 Å². The lowest BCUT2D eigenvalue weighted by Gasteiger charge is -2.28. The van der Waals surface area contributed by atoms with E-state index in [2.05, 4.69) is 0 Å². The largest absolute Gasteiger partial charge is 0.465 e. The SMILES string of the molecule is CCOC(=O)CN(C(=O)C1CC=CC1)C(C)C. The molecule has 0 radical (unpaired) electrons. The van der Waals surface area contributed by atoms with E-state index >= 15 is 0 Å². The molecule has 4 heteroatoms. The predicted molar refractivity (Wildman–Crippen MR) is 65.3 cm³/mol. The summed E-state index contributed by atoms with van der Waals surface area (Å²) < 4.78 is 4.89. The third-order valence-corrected chi connectivity index (χ3v) is 2.87. The fraction of sp³-hybridized carbons (Fsp3) is 0.692. The Morgan fingerprint density at radius 2 is 1.94 bits per heavy atom. The Labute approximate surface area is 103 Å². The Morgan fingerprint density at radius 1 is 1.35 bits per heavy atom. The zero-order valence-electron chi connectivity index (χ0n) is 10.8. The van der Waals surface area contributed by atoms with Gasteiger partial charge in [0.05, 0.1) is 6.61 Å². The Bertz CT molecular complexity index is 302. The standard InChI is InChI=1S/C13H21NO3/c1-4-17-12(15)9-14(10(2)3)13(16)11-7-5-6-8-11/h5-6,10-11H,4,7-9H2,1-3H3. The summed E-state index contributed by atoms with van der Waals surface area (Å²) in [5.74, 6) is -0.273. The van der Waals surface area contributed by atoms with Crippen LogP contribution in [0.1, 0.15) is 33.6 Å². The molecule has 1 rings (SSSR count). The molecule has 4 nitrogen and oxygen atoms in total. The maximum Gasteiger partial charge on any atom is 0.325 e. The molecule has 0 aromatic rings. The summed E-state index contributed by atoms with van der Waals surface area (Å²) in [6.45, 7) is 6.00. The van der Waals surface area contributed by atoms with Crippen molar-refractivity contribution in [2.24, 2.45) is 5.92 Å². The number of ether oxygens (including phenoxy) is 1. The summed E-state index contributed by atoms with van der Waals surface area (Å²) >= 11 is 0. The molecule has 0 heterocycles. The van der Waals surface area contributed by atoms with Crippen molar-refractivity contribution in [1.29, 1.82) is 0 Å². The van der Waals surface area contributed by atoms with Crippen molar-refractivity contribution in [1.82, 2.24) is 4.90 Å². The Balaban J connectivity index is 2.58. The lowest BCUT2D eigenvalue weighted by molar-refractivity contribution is -0.151. The second-order valence-corrected chi connectivity index (χ2v) is 4.50. The van der Waals surface area contributed by atoms with Crippen LogP contribution in [0.5, 0.6) is 0 Å². The summed E-state index contributed by atoms with van der Waals surface area (Å²) in [5.41, 5.74) is 0. The minimum atomic E-state index is -0.333. The maximum atomic E-state index is 12.2. The monoisotopic (exact) mass is 239 g/mol. The van der Waals surface area contributed by atoms with Crippen LogP contribution in [0, 0.1) is 5.92 Å². The van der Waals surface area contributed by atoms with Gasteiger partial charge in [0.1, 0.15) is 6.54 Å². The maximum absolute atomic E-state index is 12.2. The molecule has 0 saturated carbocycles. The van der Waals surface area contributed by atoms with E-state index in [4.69, 9.17) is 4.74 Å². The first kappa shape index (κ1) is 13.7. The van der Waals surface area contributed by atoms with E-state index in [0.717, 1.165) is 12.8 Å². The van der Waals surface area contributed by atoms with E-state index in [1.54, 1.807) is 11.8 Å². The highest BCUT2D eigenvalue weighted by Crippen LogP contribution is 2.21. The summed E-state index contributed by atoms with van der Waals surface area (Å²) in [6.07, 6.45) is 5.60. The quantitative estimate of drug-likeness (QED) is 0.542. The van der Waals surface area contributed by atoms with Crippen molar-refractivity contribution in [3.05, 3.63) is 12.2 Å². The van der Waals surface area contributed by atoms with Gasteiger partial charge in [-0.1, -0.05) is 12.2 Å². The molecule has 1 aliphatic rings. The zero-order valence-corrected chi connectivity index (χ0v) is 10.8. The van der Waals surface area contributed by atoms with Crippen molar-refractivity contribution in [2.75, 3.05) is 13.2 Å². The summed E-state index contributed by atoms with van der Waals surface area (Å²) in [7, 11) is 0. The normalized spacial score (nSPS) is 15.3. The van der Waals surface area contributed by atoms with Crippen LogP contribution in [-0.2, 0) is 14.3 Å². The van der Waals surface area contributed by atoms with Crippen LogP contribution in [0.3, 0.4) is 0 Å². The van der Waals surface area contributed by atoms with Gasteiger partial charge in [0.25, 0.3) is 0 Å². The lowest BCUT2D eigenvalue weighted by atomic mass is 10.0. The highest BCUT2D eigenvalue weighted by molar-refractivity contribution is 5.84. The van der Waals surface area contributed by atoms with Crippen LogP contribution in [0.4, 0.5) is 0 Å². The molecule has 1 amide bonds. The molecule has 0 N–H and O–H groups in total. The van der Waals surface area contributed by atoms with Crippen molar-refractivity contribution in [2.45, 2.75) is 39.7 Å². The van der Waals surface area contributed by atoms with Crippen molar-refractivity contribution in [3.8, 4) is 0 Å². The summed E-state index contributed by atoms with van der Waals surface area (Å²) in [6, 6.07) is 0.0208. The third kappa shape index (κ3) is 3.88. The Kier molecular flexibility index (Phi) is 5.19. The first-order valence-electron chi connectivity index (χ1n) is 6.17. The van der Waals surface area contributed by atoms with E-state index in [1.807, 2.05) is 26.0 Å². The smallest absolute Gasteiger partial charge is 0.325 e. The van der Waals surface area contributed by atoms with E-state index in [0.29, 0.717) is 6.61 Å². The topological polar surface area (TPSA) is 46.6 Å². The van der Waals surface area contributed by atoms with Crippen LogP contribution < -0.4 is 0 Å². The van der Waals surface area contributed by atoms with E-state index in [9.17, 15) is 9.59 Å². The molecule has 0 atom stereocenters. The average molecular weight is 239 g/mol. The minimum Gasteiger partial charge on any atom is -0.465 e. The molecule has 0 fully saturated rings. The van der Waals surface area contributed by atoms with Crippen LogP contribution in [0.2, 0.25) is 0 Å². The second-order valence-electron chi connectivity index (χ2n) is 4.50. The van der Waals surface area contributed by atoms with Crippen LogP contribution in [0.15, 0.2) is 12.2 Å². The second kappa shape index (κ2) is 6.42. The minimum absolute atomic E-state index is 0.00632. The van der Waals surface area contributed by atoms with Gasteiger partial charge in [-0.15, -0.1) is 0 Å². The number of amides is 1. The van der Waals surface area contributed by atoms with E-state index in [1.165, 1.54) is 0 Å². The molecule has 0 aromatic heterocycles. The van der Waals surface area contributed by atoms with Gasteiger partial charge in [-0.25, -0.2) is 0 Å². The third-order valence-electron chi connectivity index (χ3n) is 2.87. The molecule has 96 valence electrons. The van der Waals surface area contributed by atoms with Gasteiger partial charge in [0.15, 0.2) is 0 Å². The molecule has 1 aliphatic carbocycles. The van der Waals surface area contributed by atoms with Crippen molar-refractivity contribution < 1.29 is 14.3 Å². The fourth-order valence-electron chi connectivity index (χ4n) is 1.91. The number of allylic oxidation sites excluding steroid dienone is 2. The van der Waals surface area contributed by atoms with Crippen molar-refractivity contribution >= 4 is 11.9 Å². The Hall–Kier alpha value is -1.32. The Morgan fingerprint density at radius 3 is 2.41 bits per heavy atom. The first-order valence-corrected chi connectivity index (χ1v) is 6.17. The zero-order chi connectivity index (χ0) is 12.8. The van der Waals surface area contributed by atoms with Gasteiger partial charge >= 0.3 is 5.97 Å². The van der Waals surface area contributed by atoms with Crippen LogP contribution in [0.25, 0.3) is 0 Å². The first-order chi connectivity index (χ1) is 8.06. The number of carbonyl (C=O) groups excluding carboxylic acids is 2. The number of esters is 1. The molecule has 0 spiro atoms. The van der Waals surface area contributed by atoms with Crippen LogP contribution in [-0.4, -0.2) is 36.0 Å².